The van der Waals surface area contributed by atoms with E-state index >= 15 is 0 Å². The molecule has 386 valence electrons. The van der Waals surface area contributed by atoms with Crippen molar-refractivity contribution in [3.05, 3.63) is 48.0 Å². The number of rotatable bonds is 15. The Morgan fingerprint density at radius 1 is 0.889 bits per heavy atom. The van der Waals surface area contributed by atoms with Crippen LogP contribution in [-0.2, 0) is 33.2 Å². The number of aliphatic hydroxyl groups excluding tert-OH is 4. The monoisotopic (exact) mass is 930 g/mol. The zero-order chi connectivity index (χ0) is 47.1. The number of carbonyl (C=O) groups is 3. The number of ether oxygens (including phenoxy) is 4. The minimum Gasteiger partial charge on any atom is -0.481 e. The molecule has 0 aliphatic carbocycles. The molecule has 63 heavy (non-hydrogen) atoms. The molecule has 0 spiro atoms. The number of carboxylic acids is 2. The van der Waals surface area contributed by atoms with Crippen LogP contribution in [0.15, 0.2) is 42.5 Å². The van der Waals surface area contributed by atoms with E-state index in [4.69, 9.17) is 55.7 Å². The largest absolute Gasteiger partial charge is 0.481 e. The van der Waals surface area contributed by atoms with E-state index in [1.54, 1.807) is 24.3 Å². The fraction of sp³-hybridized carbons (Fsp3) is 0.738. The molecule has 3 rings (SSSR count). The summed E-state index contributed by atoms with van der Waals surface area (Å²) in [7, 11) is 6.06. The lowest BCUT2D eigenvalue weighted by atomic mass is 10.0. The van der Waals surface area contributed by atoms with Gasteiger partial charge in [0.1, 0.15) is 12.9 Å². The van der Waals surface area contributed by atoms with Gasteiger partial charge in [-0.25, -0.2) is 4.79 Å². The summed E-state index contributed by atoms with van der Waals surface area (Å²) in [4.78, 5) is 30.1. The molecule has 0 saturated carbocycles. The maximum Gasteiger partial charge on any atom is 0.337 e. The Labute approximate surface area is 382 Å². The van der Waals surface area contributed by atoms with Crippen molar-refractivity contribution in [2.24, 2.45) is 23.5 Å². The molecule has 1 aromatic carbocycles. The van der Waals surface area contributed by atoms with Crippen LogP contribution >= 0.6 is 0 Å². The van der Waals surface area contributed by atoms with Gasteiger partial charge in [0.05, 0.1) is 51.4 Å². The molecule has 2 saturated heterocycles. The Morgan fingerprint density at radius 2 is 1.32 bits per heavy atom. The fourth-order valence-electron chi connectivity index (χ4n) is 3.45. The topological polar surface area (TPSA) is 394 Å². The standard InChI is InChI=1S/C9H18O2.C8H8O2.C8H16O.C5H12O2.C4H6O4.C3H5BO2.C2H7N.C2H6.CH4O2.4H2O.3H2/c1-5-7(2)8-6-10-9(3,4)11-8;1-10-8(9)7-5-3-2-4-6-7;1-3-4-5-8(2)6-7-9;1-5(4-7)2-3-6;5-3(6)1-2-4(7)8;4-6-2-3-1-5-3;1-2-3;1-2;2-1-3;;;;;;;/h7-8H,5-6H2,1-4H3;2-6H,1H3;3-4,8-9H,5-7H2,1-2H3;5-7H,2-4H2,1H3;1-2H2,(H,5,6)(H,7,8);3H,1-2H2;2-3H2,1H3;1-2H3;2-3H,1H2;4*1H2;3*1H/b;;4-3+;;;;;;;;;;;;;/t;;8-;5-;;3-;;;;;;;;;;/m..10.1........../s1. The third-order valence-corrected chi connectivity index (χ3v) is 7.07. The Balaban J connectivity index is -0.0000000443. The lowest BCUT2D eigenvalue weighted by Crippen LogP contribution is -2.24. The molecule has 2 aliphatic rings. The maximum absolute atomic E-state index is 10.8. The van der Waals surface area contributed by atoms with Crippen molar-refractivity contribution in [1.29, 1.82) is 0 Å². The van der Waals surface area contributed by atoms with Gasteiger partial charge in [-0.15, -0.1) is 0 Å². The van der Waals surface area contributed by atoms with E-state index in [1.165, 1.54) is 7.11 Å². The fourth-order valence-corrected chi connectivity index (χ4v) is 3.45. The Kier molecular flexibility index (Phi) is 83.7. The Morgan fingerprint density at radius 3 is 1.57 bits per heavy atom. The SMILES string of the molecule is C/C=C/C[C@@H](C)CCO.CC.CCC(C)C1COC(C)(C)O1.CCN.COC(=O)c1ccccc1.C[C@H](CO)CCO.O.O.O.O.O=C(O)CCC(=O)O.OCO.[B]OC[C@H]1CO1.[HH].[HH].[HH]. The van der Waals surface area contributed by atoms with Gasteiger partial charge in [-0.1, -0.05) is 85.2 Å². The van der Waals surface area contributed by atoms with Gasteiger partial charge in [-0.05, 0) is 76.5 Å². The molecule has 2 heterocycles. The van der Waals surface area contributed by atoms with E-state index in [2.05, 4.69) is 44.3 Å². The third kappa shape index (κ3) is 73.6. The van der Waals surface area contributed by atoms with E-state index in [9.17, 15) is 14.4 Å². The first kappa shape index (κ1) is 83.4. The van der Waals surface area contributed by atoms with Crippen LogP contribution in [0.5, 0.6) is 0 Å². The van der Waals surface area contributed by atoms with Crippen molar-refractivity contribution in [2.75, 3.05) is 60.1 Å². The number of carbonyl (C=O) groups excluding carboxylic acids is 1. The maximum atomic E-state index is 10.8. The predicted molar refractivity (Wildman–Crippen MR) is 253 cm³/mol. The van der Waals surface area contributed by atoms with Crippen LogP contribution in [0.1, 0.15) is 122 Å². The van der Waals surface area contributed by atoms with Crippen LogP contribution in [0.3, 0.4) is 0 Å². The van der Waals surface area contributed by atoms with Gasteiger partial charge < -0.3 is 87.0 Å². The Bertz CT molecular complexity index is 1060. The van der Waals surface area contributed by atoms with Crippen molar-refractivity contribution in [3.8, 4) is 0 Å². The summed E-state index contributed by atoms with van der Waals surface area (Å²) in [6, 6.07) is 8.88. The van der Waals surface area contributed by atoms with Gasteiger partial charge in [0.2, 0.25) is 0 Å². The van der Waals surface area contributed by atoms with Crippen LogP contribution in [-0.4, -0.2) is 162 Å². The molecule has 1 aromatic rings. The van der Waals surface area contributed by atoms with Crippen LogP contribution in [0, 0.1) is 17.8 Å². The van der Waals surface area contributed by atoms with Crippen LogP contribution in [0.2, 0.25) is 0 Å². The third-order valence-electron chi connectivity index (χ3n) is 7.07. The average molecular weight is 930 g/mol. The van der Waals surface area contributed by atoms with E-state index in [1.807, 2.05) is 60.6 Å². The molecule has 5 atom stereocenters. The van der Waals surface area contributed by atoms with Crippen molar-refractivity contribution in [1.82, 2.24) is 0 Å². The molecule has 2 radical (unpaired) electrons. The number of benzene rings is 1. The molecule has 2 unspecified atom stereocenters. The summed E-state index contributed by atoms with van der Waals surface area (Å²) in [5.41, 5.74) is 5.44. The summed E-state index contributed by atoms with van der Waals surface area (Å²) in [6.07, 6.45) is 8.07. The summed E-state index contributed by atoms with van der Waals surface area (Å²) < 4.78 is 24.6. The van der Waals surface area contributed by atoms with Gasteiger partial charge in [-0.3, -0.25) is 9.59 Å². The molecule has 17 N–H and O–H groups in total. The minimum atomic E-state index is -1.08. The first-order valence-electron chi connectivity index (χ1n) is 20.1. The number of methoxy groups -OCH3 is 1. The summed E-state index contributed by atoms with van der Waals surface area (Å²) >= 11 is 0. The van der Waals surface area contributed by atoms with Gasteiger partial charge >= 0.3 is 17.9 Å². The number of aliphatic hydroxyl groups is 5. The molecule has 0 aromatic heterocycles. The van der Waals surface area contributed by atoms with Crippen molar-refractivity contribution >= 4 is 26.0 Å². The smallest absolute Gasteiger partial charge is 0.337 e. The molecule has 2 aliphatic heterocycles. The average Bonchev–Trinajstić information content (AvgIpc) is 3.97. The highest BCUT2D eigenvalue weighted by molar-refractivity contribution is 5.97. The second-order valence-corrected chi connectivity index (χ2v) is 13.0. The second-order valence-electron chi connectivity index (χ2n) is 13.0. The molecular weight excluding hydrogens is 833 g/mol. The summed E-state index contributed by atoms with van der Waals surface area (Å²) in [5, 5.41) is 55.2. The zero-order valence-corrected chi connectivity index (χ0v) is 39.9. The lowest BCUT2D eigenvalue weighted by Gasteiger charge is -2.19. The molecule has 2 fully saturated rings. The van der Waals surface area contributed by atoms with Gasteiger partial charge in [-0.2, -0.15) is 0 Å². The van der Waals surface area contributed by atoms with Crippen LogP contribution in [0.25, 0.3) is 0 Å². The van der Waals surface area contributed by atoms with E-state index in [0.717, 1.165) is 39.0 Å². The second kappa shape index (κ2) is 63.2. The van der Waals surface area contributed by atoms with Crippen molar-refractivity contribution in [2.45, 2.75) is 126 Å². The highest BCUT2D eigenvalue weighted by atomic mass is 16.7. The van der Waals surface area contributed by atoms with E-state index < -0.39 is 18.7 Å². The molecular formula is C42H96BNO19. The number of carboxylic acid groups (broad SMARTS) is 2. The zero-order valence-electron chi connectivity index (χ0n) is 39.9. The van der Waals surface area contributed by atoms with Crippen molar-refractivity contribution in [3.63, 3.8) is 0 Å². The molecule has 0 amide bonds. The molecule has 0 bridgehead atoms. The highest BCUT2D eigenvalue weighted by Gasteiger charge is 2.34. The summed E-state index contributed by atoms with van der Waals surface area (Å²) in [6.45, 7) is 23.1. The van der Waals surface area contributed by atoms with Gasteiger partial charge in [0, 0.05) is 24.1 Å². The number of epoxide rings is 1. The molecule has 21 heteroatoms. The van der Waals surface area contributed by atoms with Crippen LogP contribution < -0.4 is 5.73 Å². The van der Waals surface area contributed by atoms with E-state index in [0.29, 0.717) is 49.2 Å². The number of allylic oxidation sites excluding steroid dienone is 2. The van der Waals surface area contributed by atoms with Gasteiger partial charge in [0.25, 0.3) is 8.05 Å². The lowest BCUT2D eigenvalue weighted by molar-refractivity contribution is -0.143. The normalized spacial score (nSPS) is 15.3. The first-order chi connectivity index (χ1) is 27.9. The van der Waals surface area contributed by atoms with E-state index in [-0.39, 0.29) is 69.9 Å². The van der Waals surface area contributed by atoms with Crippen molar-refractivity contribution < 1.29 is 99.9 Å². The summed E-state index contributed by atoms with van der Waals surface area (Å²) in [5.74, 6) is -1.30. The molecule has 20 nitrogen and oxygen atoms in total. The number of hydrogen-bond acceptors (Lipinski definition) is 14. The highest BCUT2D eigenvalue weighted by Crippen LogP contribution is 2.27. The number of nitrogens with two attached hydrogens (primary N) is 1. The Hall–Kier alpha value is -3.13. The van der Waals surface area contributed by atoms with Gasteiger partial charge in [0.15, 0.2) is 5.79 Å². The minimum absolute atomic E-state index is 0. The number of aliphatic carboxylic acids is 2. The first-order valence-corrected chi connectivity index (χ1v) is 20.1. The quantitative estimate of drug-likeness (QED) is 0.0411. The number of esters is 1. The van der Waals surface area contributed by atoms with Crippen LogP contribution in [0.4, 0.5) is 0 Å². The number of hydrogen-bond donors (Lipinski definition) is 8. The predicted octanol–water partition coefficient (Wildman–Crippen LogP) is 2.41.